The Labute approximate surface area is 137 Å². The lowest BCUT2D eigenvalue weighted by Gasteiger charge is -2.13. The van der Waals surface area contributed by atoms with Gasteiger partial charge in [-0.15, -0.1) is 0 Å². The van der Waals surface area contributed by atoms with Gasteiger partial charge in [-0.1, -0.05) is 32.0 Å². The molecule has 0 saturated carbocycles. The second-order valence-corrected chi connectivity index (χ2v) is 6.41. The number of thioether (sulfide) groups is 1. The van der Waals surface area contributed by atoms with Crippen LogP contribution < -0.4 is 5.32 Å². The predicted octanol–water partition coefficient (Wildman–Crippen LogP) is 5.67. The summed E-state index contributed by atoms with van der Waals surface area (Å²) in [6.45, 7) is 4.04. The molecule has 0 bridgehead atoms. The number of benzene rings is 2. The number of halogens is 3. The van der Waals surface area contributed by atoms with E-state index in [-0.39, 0.29) is 28.5 Å². The van der Waals surface area contributed by atoms with Crippen molar-refractivity contribution in [2.75, 3.05) is 5.32 Å². The molecule has 0 aromatic heterocycles. The molecule has 0 aliphatic carbocycles. The molecule has 1 amide bonds. The largest absolute Gasteiger partial charge is 0.446 e. The van der Waals surface area contributed by atoms with E-state index in [1.54, 1.807) is 6.07 Å². The molecule has 0 aliphatic heterocycles. The van der Waals surface area contributed by atoms with Gasteiger partial charge in [0.15, 0.2) is 0 Å². The first-order chi connectivity index (χ1) is 10.8. The van der Waals surface area contributed by atoms with E-state index in [1.807, 2.05) is 32.0 Å². The molecular formula is C17H16F3NOS. The number of rotatable bonds is 4. The number of carbonyl (C=O) groups excluding carboxylic acids is 1. The lowest BCUT2D eigenvalue weighted by Crippen LogP contribution is -2.13. The van der Waals surface area contributed by atoms with Crippen molar-refractivity contribution in [2.24, 2.45) is 0 Å². The average Bonchev–Trinajstić information content (AvgIpc) is 2.46. The van der Waals surface area contributed by atoms with E-state index in [9.17, 15) is 18.0 Å². The number of amides is 1. The second-order valence-electron chi connectivity index (χ2n) is 5.27. The number of nitrogens with one attached hydrogen (secondary N) is 1. The Morgan fingerprint density at radius 1 is 1.04 bits per heavy atom. The minimum absolute atomic E-state index is 0.0524. The quantitative estimate of drug-likeness (QED) is 0.727. The third-order valence-corrected chi connectivity index (χ3v) is 3.92. The molecule has 0 radical (unpaired) electrons. The van der Waals surface area contributed by atoms with Crippen LogP contribution >= 0.6 is 11.8 Å². The summed E-state index contributed by atoms with van der Waals surface area (Å²) in [4.78, 5) is 12.3. The van der Waals surface area contributed by atoms with Crippen molar-refractivity contribution in [1.82, 2.24) is 0 Å². The normalized spacial score (nSPS) is 11.6. The van der Waals surface area contributed by atoms with Crippen LogP contribution in [0.15, 0.2) is 53.4 Å². The Balaban J connectivity index is 2.13. The first-order valence-corrected chi connectivity index (χ1v) is 7.84. The maximum atomic E-state index is 12.3. The van der Waals surface area contributed by atoms with Crippen molar-refractivity contribution in [1.29, 1.82) is 0 Å². The zero-order valence-electron chi connectivity index (χ0n) is 12.6. The molecule has 2 rings (SSSR count). The molecule has 1 N–H and O–H groups in total. The van der Waals surface area contributed by atoms with Crippen LogP contribution in [0.4, 0.5) is 18.9 Å². The minimum Gasteiger partial charge on any atom is -0.322 e. The zero-order valence-corrected chi connectivity index (χ0v) is 13.5. The van der Waals surface area contributed by atoms with E-state index in [2.05, 4.69) is 5.32 Å². The van der Waals surface area contributed by atoms with Crippen LogP contribution in [0.5, 0.6) is 0 Å². The van der Waals surface area contributed by atoms with Crippen molar-refractivity contribution in [3.63, 3.8) is 0 Å². The van der Waals surface area contributed by atoms with Crippen molar-refractivity contribution in [3.05, 3.63) is 59.7 Å². The van der Waals surface area contributed by atoms with Gasteiger partial charge in [-0.05, 0) is 53.6 Å². The van der Waals surface area contributed by atoms with Gasteiger partial charge in [-0.25, -0.2) is 0 Å². The molecular weight excluding hydrogens is 323 g/mol. The summed E-state index contributed by atoms with van der Waals surface area (Å²) in [6.07, 6.45) is 0. The van der Waals surface area contributed by atoms with Crippen LogP contribution in [-0.2, 0) is 0 Å². The van der Waals surface area contributed by atoms with E-state index in [0.29, 0.717) is 11.3 Å². The van der Waals surface area contributed by atoms with Crippen molar-refractivity contribution < 1.29 is 18.0 Å². The third-order valence-electron chi connectivity index (χ3n) is 3.18. The number of para-hydroxylation sites is 1. The van der Waals surface area contributed by atoms with Gasteiger partial charge in [-0.3, -0.25) is 4.79 Å². The highest BCUT2D eigenvalue weighted by Crippen LogP contribution is 2.36. The molecule has 122 valence electrons. The van der Waals surface area contributed by atoms with Crippen molar-refractivity contribution in [3.8, 4) is 0 Å². The van der Waals surface area contributed by atoms with Crippen LogP contribution in [0, 0.1) is 0 Å². The van der Waals surface area contributed by atoms with Crippen LogP contribution in [0.2, 0.25) is 0 Å². The fraction of sp³-hybridized carbons (Fsp3) is 0.235. The second kappa shape index (κ2) is 7.08. The molecule has 0 spiro atoms. The van der Waals surface area contributed by atoms with Gasteiger partial charge in [0, 0.05) is 16.1 Å². The molecule has 0 atom stereocenters. The Kier molecular flexibility index (Phi) is 5.36. The molecule has 0 unspecified atom stereocenters. The molecule has 2 aromatic carbocycles. The van der Waals surface area contributed by atoms with Crippen LogP contribution in [0.1, 0.15) is 35.7 Å². The number of alkyl halides is 3. The molecule has 0 aliphatic rings. The summed E-state index contributed by atoms with van der Waals surface area (Å²) < 4.78 is 36.9. The van der Waals surface area contributed by atoms with Gasteiger partial charge in [-0.2, -0.15) is 13.2 Å². The van der Waals surface area contributed by atoms with Gasteiger partial charge in [0.05, 0.1) is 0 Å². The summed E-state index contributed by atoms with van der Waals surface area (Å²) in [5.74, 6) is -0.0984. The lowest BCUT2D eigenvalue weighted by molar-refractivity contribution is -0.0328. The Morgan fingerprint density at radius 3 is 2.22 bits per heavy atom. The average molecular weight is 339 g/mol. The number of hydrogen-bond acceptors (Lipinski definition) is 2. The smallest absolute Gasteiger partial charge is 0.322 e. The van der Waals surface area contributed by atoms with E-state index in [4.69, 9.17) is 0 Å². The maximum Gasteiger partial charge on any atom is 0.446 e. The summed E-state index contributed by atoms with van der Waals surface area (Å²) in [6, 6.07) is 12.8. The van der Waals surface area contributed by atoms with E-state index in [1.165, 1.54) is 24.3 Å². The first kappa shape index (κ1) is 17.4. The zero-order chi connectivity index (χ0) is 17.0. The number of hydrogen-bond donors (Lipinski definition) is 1. The molecule has 2 aromatic rings. The third kappa shape index (κ3) is 5.03. The molecule has 23 heavy (non-hydrogen) atoms. The number of carbonyl (C=O) groups is 1. The first-order valence-electron chi connectivity index (χ1n) is 7.02. The van der Waals surface area contributed by atoms with Crippen LogP contribution in [-0.4, -0.2) is 11.4 Å². The molecule has 0 saturated heterocycles. The van der Waals surface area contributed by atoms with Gasteiger partial charge >= 0.3 is 5.51 Å². The molecule has 0 fully saturated rings. The Hall–Kier alpha value is -1.95. The standard InChI is InChI=1S/C17H16F3NOS/c1-11(2)14-5-3-4-6-15(14)21-16(22)12-7-9-13(10-8-12)23-17(18,19)20/h3-11H,1-2H3,(H,21,22). The van der Waals surface area contributed by atoms with Crippen molar-refractivity contribution in [2.45, 2.75) is 30.2 Å². The summed E-state index contributed by atoms with van der Waals surface area (Å²) >= 11 is -0.200. The molecule has 0 heterocycles. The highest BCUT2D eigenvalue weighted by Gasteiger charge is 2.29. The SMILES string of the molecule is CC(C)c1ccccc1NC(=O)c1ccc(SC(F)(F)F)cc1. The van der Waals surface area contributed by atoms with Gasteiger partial charge in [0.1, 0.15) is 0 Å². The Bertz CT molecular complexity index is 681. The maximum absolute atomic E-state index is 12.3. The van der Waals surface area contributed by atoms with E-state index < -0.39 is 5.51 Å². The topological polar surface area (TPSA) is 29.1 Å². The molecule has 6 heteroatoms. The minimum atomic E-state index is -4.33. The fourth-order valence-corrected chi connectivity index (χ4v) is 2.66. The van der Waals surface area contributed by atoms with Gasteiger partial charge in [0.2, 0.25) is 0 Å². The van der Waals surface area contributed by atoms with Gasteiger partial charge < -0.3 is 5.32 Å². The van der Waals surface area contributed by atoms with E-state index >= 15 is 0 Å². The van der Waals surface area contributed by atoms with Crippen LogP contribution in [0.3, 0.4) is 0 Å². The van der Waals surface area contributed by atoms with E-state index in [0.717, 1.165) is 5.56 Å². The fourth-order valence-electron chi connectivity index (χ4n) is 2.12. The lowest BCUT2D eigenvalue weighted by atomic mass is 10.0. The van der Waals surface area contributed by atoms with Crippen molar-refractivity contribution >= 4 is 23.4 Å². The molecule has 2 nitrogen and oxygen atoms in total. The van der Waals surface area contributed by atoms with Crippen LogP contribution in [0.25, 0.3) is 0 Å². The highest BCUT2D eigenvalue weighted by atomic mass is 32.2. The van der Waals surface area contributed by atoms with Gasteiger partial charge in [0.25, 0.3) is 5.91 Å². The summed E-state index contributed by atoms with van der Waals surface area (Å²) in [5.41, 5.74) is -2.30. The predicted molar refractivity (Wildman–Crippen MR) is 86.8 cm³/mol. The Morgan fingerprint density at radius 2 is 1.65 bits per heavy atom. The highest BCUT2D eigenvalue weighted by molar-refractivity contribution is 8.00. The summed E-state index contributed by atoms with van der Waals surface area (Å²) in [7, 11) is 0. The monoisotopic (exact) mass is 339 g/mol. The summed E-state index contributed by atoms with van der Waals surface area (Å²) in [5, 5.41) is 2.81. The number of anilines is 1.